The van der Waals surface area contributed by atoms with Crippen molar-refractivity contribution < 1.29 is 93.7 Å². The van der Waals surface area contributed by atoms with Gasteiger partial charge in [-0.05, 0) is 80.3 Å². The second-order valence-electron chi connectivity index (χ2n) is 15.4. The Morgan fingerprint density at radius 2 is 1.32 bits per heavy atom. The van der Waals surface area contributed by atoms with Crippen molar-refractivity contribution in [3.05, 3.63) is 60.4 Å². The van der Waals surface area contributed by atoms with Crippen molar-refractivity contribution in [3.8, 4) is 0 Å². The molecule has 7 unspecified atom stereocenters. The van der Waals surface area contributed by atoms with E-state index in [1.165, 1.54) is 31.9 Å². The molecule has 7 atom stereocenters. The topological polar surface area (TPSA) is 103 Å². The highest BCUT2D eigenvalue weighted by molar-refractivity contribution is 8.00. The van der Waals surface area contributed by atoms with Crippen molar-refractivity contribution in [3.63, 3.8) is 0 Å². The maximum atomic E-state index is 15.7. The zero-order chi connectivity index (χ0) is 47.3. The van der Waals surface area contributed by atoms with Crippen LogP contribution in [0.15, 0.2) is 54.8 Å². The van der Waals surface area contributed by atoms with Crippen LogP contribution in [0.4, 0.5) is 57.1 Å². The second kappa shape index (κ2) is 23.4. The summed E-state index contributed by atoms with van der Waals surface area (Å²) in [5.41, 5.74) is 0.904. The zero-order valence-corrected chi connectivity index (χ0v) is 36.0. The van der Waals surface area contributed by atoms with Crippen LogP contribution in [0.25, 0.3) is 0 Å². The Morgan fingerprint density at radius 3 is 1.89 bits per heavy atom. The van der Waals surface area contributed by atoms with Crippen molar-refractivity contribution in [1.29, 1.82) is 0 Å². The van der Waals surface area contributed by atoms with Gasteiger partial charge in [-0.3, -0.25) is 0 Å². The molecule has 3 rings (SSSR count). The van der Waals surface area contributed by atoms with E-state index < -0.39 is 88.2 Å². The van der Waals surface area contributed by atoms with E-state index in [2.05, 4.69) is 0 Å². The fraction of sp³-hybridized carbons (Fsp3) is 0.750. The van der Waals surface area contributed by atoms with Crippen LogP contribution in [0.5, 0.6) is 0 Å². The Labute approximate surface area is 362 Å². The molecule has 63 heavy (non-hydrogen) atoms. The normalized spacial score (nSPS) is 23.9. The number of thioether (sulfide) groups is 1. The average molecular weight is 972 g/mol. The van der Waals surface area contributed by atoms with Gasteiger partial charge in [0.05, 0.1) is 69.2 Å². The maximum Gasteiger partial charge on any atom is 0.460 e. The molecule has 0 spiro atoms. The third-order valence-electron chi connectivity index (χ3n) is 11.1. The van der Waals surface area contributed by atoms with Crippen LogP contribution >= 0.6 is 11.8 Å². The van der Waals surface area contributed by atoms with Crippen LogP contribution in [0.2, 0.25) is 0 Å². The molecule has 364 valence electrons. The summed E-state index contributed by atoms with van der Waals surface area (Å²) >= 11 is 1.27. The van der Waals surface area contributed by atoms with E-state index >= 15 is 17.6 Å². The zero-order valence-electron chi connectivity index (χ0n) is 34.3. The fourth-order valence-corrected chi connectivity index (χ4v) is 10.0. The van der Waals surface area contributed by atoms with Gasteiger partial charge in [-0.1, -0.05) is 42.5 Å². The summed E-state index contributed by atoms with van der Waals surface area (Å²) in [5, 5.41) is -0.245. The molecule has 0 aromatic heterocycles. The number of rotatable bonds is 28. The van der Waals surface area contributed by atoms with Gasteiger partial charge in [-0.2, -0.15) is 68.8 Å². The summed E-state index contributed by atoms with van der Waals surface area (Å²) in [6.45, 7) is 3.12. The molecular weight excluding hydrogens is 920 g/mol. The number of benzene rings is 1. The van der Waals surface area contributed by atoms with Crippen LogP contribution in [0.1, 0.15) is 38.2 Å². The number of allylic oxidation sites excluding steroid dienone is 3. The Kier molecular flexibility index (Phi) is 20.5. The summed E-state index contributed by atoms with van der Waals surface area (Å²) < 4.78 is 245. The minimum atomic E-state index is -8.00. The van der Waals surface area contributed by atoms with Gasteiger partial charge in [0.15, 0.2) is 0 Å². The summed E-state index contributed by atoms with van der Waals surface area (Å²) in [6, 6.07) is 9.13. The van der Waals surface area contributed by atoms with E-state index in [1.54, 1.807) is 24.3 Å². The lowest BCUT2D eigenvalue weighted by Gasteiger charge is -2.42. The molecule has 2 aliphatic carbocycles. The minimum Gasteiger partial charge on any atom is -0.748 e. The Bertz CT molecular complexity index is 1680. The SMILES string of the molecule is CCO/C=C\C1CC(/C=C/C2CC(C(Cc3ccccc3)SCCS(=O)(=O)[O-])CC2COCCOCCOCCOC)CC1C(F)(F)C(F)(F)C(F)(F)C(F)(F)C(F)(F)C(F)(F)F. The van der Waals surface area contributed by atoms with E-state index in [0.29, 0.717) is 39.1 Å². The molecule has 0 radical (unpaired) electrons. The molecule has 0 bridgehead atoms. The minimum absolute atomic E-state index is 0.0220. The molecule has 2 aliphatic rings. The highest BCUT2D eigenvalue weighted by atomic mass is 32.2. The third kappa shape index (κ3) is 14.3. The van der Waals surface area contributed by atoms with Crippen LogP contribution in [-0.2, 0) is 40.2 Å². The molecular formula is C40H52F13O8S2-. The molecule has 1 aromatic carbocycles. The molecule has 2 fully saturated rings. The Balaban J connectivity index is 1.90. The van der Waals surface area contributed by atoms with Gasteiger partial charge in [0.2, 0.25) is 0 Å². The summed E-state index contributed by atoms with van der Waals surface area (Å²) in [7, 11) is -3.02. The Hall–Kier alpha value is -2.31. The molecule has 23 heteroatoms. The largest absolute Gasteiger partial charge is 0.748 e. The van der Waals surface area contributed by atoms with E-state index in [1.807, 2.05) is 12.1 Å². The predicted molar refractivity (Wildman–Crippen MR) is 205 cm³/mol. The highest BCUT2D eigenvalue weighted by Gasteiger charge is 2.91. The van der Waals surface area contributed by atoms with Gasteiger partial charge in [0.1, 0.15) is 0 Å². The first-order chi connectivity index (χ1) is 29.2. The molecule has 0 amide bonds. The quantitative estimate of drug-likeness (QED) is 0.0267. The first kappa shape index (κ1) is 55.0. The summed E-state index contributed by atoms with van der Waals surface area (Å²) in [5.74, 6) is -44.9. The average Bonchev–Trinajstić information content (AvgIpc) is 3.81. The van der Waals surface area contributed by atoms with Gasteiger partial charge < -0.3 is 28.2 Å². The van der Waals surface area contributed by atoms with E-state index in [4.69, 9.17) is 23.7 Å². The molecule has 2 saturated carbocycles. The number of alkyl halides is 13. The first-order valence-electron chi connectivity index (χ1n) is 20.0. The van der Waals surface area contributed by atoms with Crippen molar-refractivity contribution in [2.45, 2.75) is 80.1 Å². The van der Waals surface area contributed by atoms with Gasteiger partial charge in [0, 0.05) is 29.8 Å². The molecule has 0 N–H and O–H groups in total. The smallest absolute Gasteiger partial charge is 0.460 e. The lowest BCUT2D eigenvalue weighted by molar-refractivity contribution is -0.443. The number of halogens is 13. The molecule has 8 nitrogen and oxygen atoms in total. The predicted octanol–water partition coefficient (Wildman–Crippen LogP) is 9.70. The maximum absolute atomic E-state index is 15.7. The highest BCUT2D eigenvalue weighted by Crippen LogP contribution is 2.63. The standard InChI is InChI=1S/C40H53F13O8S2/c1-3-58-12-11-30-21-28(22-33(30)35(41,42)36(43,44)37(45,46)38(47,48)39(49,50)40(51,52)53)9-10-29-24-31(25-32(29)26-61-18-17-60-16-15-59-14-13-57-2)34(62-19-20-63(54,55)56)23-27-7-5-4-6-8-27/h4-12,28-34H,3,13-26H2,1-2H3,(H,54,55,56)/p-1/b10-9+,12-11-. The number of methoxy groups -OCH3 is 1. The lowest BCUT2D eigenvalue weighted by atomic mass is 9.82. The third-order valence-corrected chi connectivity index (χ3v) is 13.4. The molecule has 1 aromatic rings. The van der Waals surface area contributed by atoms with Crippen molar-refractivity contribution in [2.75, 3.05) is 71.5 Å². The lowest BCUT2D eigenvalue weighted by Crippen LogP contribution is -2.71. The summed E-state index contributed by atoms with van der Waals surface area (Å²) in [6.07, 6.45) is -3.26. The van der Waals surface area contributed by atoms with Crippen LogP contribution < -0.4 is 0 Å². The first-order valence-corrected chi connectivity index (χ1v) is 22.6. The number of hydrogen-bond donors (Lipinski definition) is 0. The number of ether oxygens (including phenoxy) is 5. The van der Waals surface area contributed by atoms with Crippen molar-refractivity contribution >= 4 is 21.9 Å². The van der Waals surface area contributed by atoms with Gasteiger partial charge in [-0.15, -0.1) is 0 Å². The van der Waals surface area contributed by atoms with Crippen LogP contribution in [-0.4, -0.2) is 125 Å². The van der Waals surface area contributed by atoms with Crippen LogP contribution in [0, 0.1) is 35.5 Å². The molecule has 0 aliphatic heterocycles. The van der Waals surface area contributed by atoms with Crippen LogP contribution in [0.3, 0.4) is 0 Å². The monoisotopic (exact) mass is 971 g/mol. The second-order valence-corrected chi connectivity index (χ2v) is 18.3. The van der Waals surface area contributed by atoms with Gasteiger partial charge in [0.25, 0.3) is 0 Å². The van der Waals surface area contributed by atoms with Gasteiger partial charge in [-0.25, -0.2) is 8.42 Å². The van der Waals surface area contributed by atoms with Crippen molar-refractivity contribution in [2.24, 2.45) is 35.5 Å². The van der Waals surface area contributed by atoms with Crippen molar-refractivity contribution in [1.82, 2.24) is 0 Å². The molecule has 0 saturated heterocycles. The number of hydrogen-bond acceptors (Lipinski definition) is 9. The summed E-state index contributed by atoms with van der Waals surface area (Å²) in [4.78, 5) is 0. The molecule has 0 heterocycles. The van der Waals surface area contributed by atoms with E-state index in [0.717, 1.165) is 17.9 Å². The fourth-order valence-electron chi connectivity index (χ4n) is 7.72. The van der Waals surface area contributed by atoms with E-state index in [9.17, 15) is 52.5 Å². The van der Waals surface area contributed by atoms with Gasteiger partial charge >= 0.3 is 35.8 Å². The Morgan fingerprint density at radius 1 is 0.730 bits per heavy atom. The van der Waals surface area contributed by atoms with E-state index in [-0.39, 0.29) is 55.9 Å².